The first-order chi connectivity index (χ1) is 7.10. The second-order valence-corrected chi connectivity index (χ2v) is 4.01. The van der Waals surface area contributed by atoms with E-state index in [1.54, 1.807) is 12.1 Å². The second kappa shape index (κ2) is 5.15. The molecule has 0 heterocycles. The molecule has 0 aliphatic heterocycles. The molecule has 0 N–H and O–H groups in total. The summed E-state index contributed by atoms with van der Waals surface area (Å²) in [6, 6.07) is 5.26. The Morgan fingerprint density at radius 3 is 2.87 bits per heavy atom. The molecule has 0 spiro atoms. The summed E-state index contributed by atoms with van der Waals surface area (Å²) in [5, 5.41) is 9.23. The summed E-state index contributed by atoms with van der Waals surface area (Å²) in [4.78, 5) is 11.1. The predicted octanol–water partition coefficient (Wildman–Crippen LogP) is 2.69. The minimum atomic E-state index is -0.408. The fourth-order valence-electron chi connectivity index (χ4n) is 1.10. The molecular weight excluding hydrogens is 281 g/mol. The number of hydrogen-bond acceptors (Lipinski definition) is 3. The van der Waals surface area contributed by atoms with Crippen LogP contribution in [0.25, 0.3) is 0 Å². The van der Waals surface area contributed by atoms with Gasteiger partial charge in [0, 0.05) is 4.47 Å². The molecule has 1 aromatic rings. The van der Waals surface area contributed by atoms with E-state index in [9.17, 15) is 4.79 Å². The van der Waals surface area contributed by atoms with Crippen molar-refractivity contribution >= 4 is 33.5 Å². The van der Waals surface area contributed by atoms with Crippen LogP contribution in [0.5, 0.6) is 0 Å². The molecule has 0 unspecified atom stereocenters. The standard InChI is InChI=1S/C10H7BrClNO2/c1-15-10(14)4-6-7(5-13)9(12)3-2-8(6)11/h2-3H,4H2,1H3. The van der Waals surface area contributed by atoms with Gasteiger partial charge in [0.2, 0.25) is 0 Å². The van der Waals surface area contributed by atoms with Gasteiger partial charge in [0.1, 0.15) is 6.07 Å². The summed E-state index contributed by atoms with van der Waals surface area (Å²) in [5.41, 5.74) is 0.855. The molecule has 0 amide bonds. The molecule has 0 saturated heterocycles. The molecule has 0 aromatic heterocycles. The topological polar surface area (TPSA) is 50.1 Å². The Morgan fingerprint density at radius 1 is 1.67 bits per heavy atom. The number of nitrogens with zero attached hydrogens (tertiary/aromatic N) is 1. The maximum atomic E-state index is 11.1. The SMILES string of the molecule is COC(=O)Cc1c(Br)ccc(Cl)c1C#N. The zero-order chi connectivity index (χ0) is 11.4. The Morgan fingerprint density at radius 2 is 2.33 bits per heavy atom. The van der Waals surface area contributed by atoms with Crippen LogP contribution >= 0.6 is 27.5 Å². The van der Waals surface area contributed by atoms with Gasteiger partial charge in [0.15, 0.2) is 0 Å². The van der Waals surface area contributed by atoms with E-state index in [0.29, 0.717) is 20.6 Å². The molecule has 3 nitrogen and oxygen atoms in total. The van der Waals surface area contributed by atoms with Crippen LogP contribution in [0.4, 0.5) is 0 Å². The summed E-state index contributed by atoms with van der Waals surface area (Å²) < 4.78 is 5.21. The highest BCUT2D eigenvalue weighted by molar-refractivity contribution is 9.10. The van der Waals surface area contributed by atoms with Crippen molar-refractivity contribution in [3.8, 4) is 6.07 Å². The largest absolute Gasteiger partial charge is 0.469 e. The number of halogens is 2. The molecule has 1 rings (SSSR count). The van der Waals surface area contributed by atoms with Gasteiger partial charge in [-0.3, -0.25) is 4.79 Å². The van der Waals surface area contributed by atoms with E-state index in [2.05, 4.69) is 20.7 Å². The zero-order valence-corrected chi connectivity index (χ0v) is 10.2. The summed E-state index contributed by atoms with van der Waals surface area (Å²) in [6.07, 6.45) is 0.0283. The van der Waals surface area contributed by atoms with Crippen LogP contribution in [0, 0.1) is 11.3 Å². The first-order valence-corrected chi connectivity index (χ1v) is 5.21. The molecule has 5 heteroatoms. The maximum absolute atomic E-state index is 11.1. The van der Waals surface area contributed by atoms with Crippen LogP contribution in [0.2, 0.25) is 5.02 Å². The third-order valence-electron chi connectivity index (χ3n) is 1.87. The molecule has 78 valence electrons. The van der Waals surface area contributed by atoms with Crippen LogP contribution < -0.4 is 0 Å². The lowest BCUT2D eigenvalue weighted by Gasteiger charge is -2.06. The monoisotopic (exact) mass is 287 g/mol. The number of rotatable bonds is 2. The predicted molar refractivity (Wildman–Crippen MR) is 59.6 cm³/mol. The number of nitriles is 1. The highest BCUT2D eigenvalue weighted by atomic mass is 79.9. The van der Waals surface area contributed by atoms with E-state index in [4.69, 9.17) is 16.9 Å². The number of ether oxygens (including phenoxy) is 1. The summed E-state index contributed by atoms with van der Waals surface area (Å²) in [5.74, 6) is -0.408. The van der Waals surface area contributed by atoms with Gasteiger partial charge in [-0.2, -0.15) is 5.26 Å². The molecule has 0 saturated carbocycles. The molecule has 15 heavy (non-hydrogen) atoms. The number of benzene rings is 1. The molecular formula is C10H7BrClNO2. The van der Waals surface area contributed by atoms with E-state index in [1.807, 2.05) is 6.07 Å². The van der Waals surface area contributed by atoms with Crippen LogP contribution in [0.1, 0.15) is 11.1 Å². The lowest BCUT2D eigenvalue weighted by atomic mass is 10.1. The second-order valence-electron chi connectivity index (χ2n) is 2.75. The summed E-state index contributed by atoms with van der Waals surface area (Å²) >= 11 is 9.09. The number of hydrogen-bond donors (Lipinski definition) is 0. The van der Waals surface area contributed by atoms with Gasteiger partial charge < -0.3 is 4.74 Å². The third-order valence-corrected chi connectivity index (χ3v) is 2.92. The molecule has 0 radical (unpaired) electrons. The number of methoxy groups -OCH3 is 1. The lowest BCUT2D eigenvalue weighted by Crippen LogP contribution is -2.07. The quantitative estimate of drug-likeness (QED) is 0.786. The third kappa shape index (κ3) is 2.71. The van der Waals surface area contributed by atoms with Gasteiger partial charge in [-0.15, -0.1) is 0 Å². The maximum Gasteiger partial charge on any atom is 0.310 e. The number of esters is 1. The molecule has 0 atom stereocenters. The molecule has 1 aromatic carbocycles. The number of carbonyl (C=O) groups excluding carboxylic acids is 1. The molecule has 0 aliphatic carbocycles. The fourth-order valence-corrected chi connectivity index (χ4v) is 1.79. The van der Waals surface area contributed by atoms with Gasteiger partial charge >= 0.3 is 5.97 Å². The van der Waals surface area contributed by atoms with E-state index in [0.717, 1.165) is 0 Å². The zero-order valence-electron chi connectivity index (χ0n) is 7.88. The Balaban J connectivity index is 3.21. The summed E-state index contributed by atoms with van der Waals surface area (Å²) in [6.45, 7) is 0. The van der Waals surface area contributed by atoms with Crippen molar-refractivity contribution in [2.45, 2.75) is 6.42 Å². The van der Waals surface area contributed by atoms with Gasteiger partial charge in [0.25, 0.3) is 0 Å². The van der Waals surface area contributed by atoms with Crippen LogP contribution in [0.3, 0.4) is 0 Å². The van der Waals surface area contributed by atoms with Crippen molar-refractivity contribution in [1.29, 1.82) is 5.26 Å². The van der Waals surface area contributed by atoms with Crippen molar-refractivity contribution in [2.24, 2.45) is 0 Å². The fraction of sp³-hybridized carbons (Fsp3) is 0.200. The van der Waals surface area contributed by atoms with E-state index in [-0.39, 0.29) is 6.42 Å². The Bertz CT molecular complexity index is 440. The average molecular weight is 289 g/mol. The van der Waals surface area contributed by atoms with E-state index in [1.165, 1.54) is 7.11 Å². The Kier molecular flexibility index (Phi) is 4.13. The molecule has 0 aliphatic rings. The molecule has 0 fully saturated rings. The van der Waals surface area contributed by atoms with Gasteiger partial charge in [-0.1, -0.05) is 27.5 Å². The first kappa shape index (κ1) is 12.0. The normalized spacial score (nSPS) is 9.47. The lowest BCUT2D eigenvalue weighted by molar-refractivity contribution is -0.139. The van der Waals surface area contributed by atoms with Crippen LogP contribution in [-0.4, -0.2) is 13.1 Å². The van der Waals surface area contributed by atoms with Gasteiger partial charge in [-0.25, -0.2) is 0 Å². The van der Waals surface area contributed by atoms with Gasteiger partial charge in [0.05, 0.1) is 24.1 Å². The van der Waals surface area contributed by atoms with Crippen LogP contribution in [0.15, 0.2) is 16.6 Å². The van der Waals surface area contributed by atoms with E-state index < -0.39 is 5.97 Å². The van der Waals surface area contributed by atoms with Crippen molar-refractivity contribution in [1.82, 2.24) is 0 Å². The number of carbonyl (C=O) groups is 1. The Labute approximate surface area is 101 Å². The molecule has 0 bridgehead atoms. The van der Waals surface area contributed by atoms with Crippen molar-refractivity contribution in [3.05, 3.63) is 32.8 Å². The Hall–Kier alpha value is -1.05. The highest BCUT2D eigenvalue weighted by Crippen LogP contribution is 2.27. The van der Waals surface area contributed by atoms with E-state index >= 15 is 0 Å². The van der Waals surface area contributed by atoms with Gasteiger partial charge in [-0.05, 0) is 17.7 Å². The van der Waals surface area contributed by atoms with Crippen molar-refractivity contribution < 1.29 is 9.53 Å². The van der Waals surface area contributed by atoms with Crippen molar-refractivity contribution in [3.63, 3.8) is 0 Å². The minimum Gasteiger partial charge on any atom is -0.469 e. The van der Waals surface area contributed by atoms with Crippen molar-refractivity contribution in [2.75, 3.05) is 7.11 Å². The van der Waals surface area contributed by atoms with Crippen LogP contribution in [-0.2, 0) is 16.0 Å². The first-order valence-electron chi connectivity index (χ1n) is 4.04. The summed E-state index contributed by atoms with van der Waals surface area (Å²) in [7, 11) is 1.30. The highest BCUT2D eigenvalue weighted by Gasteiger charge is 2.14. The average Bonchev–Trinajstić information content (AvgIpc) is 2.23. The minimum absolute atomic E-state index is 0.0283. The smallest absolute Gasteiger partial charge is 0.310 e.